The van der Waals surface area contributed by atoms with Gasteiger partial charge in [-0.25, -0.2) is 0 Å². The van der Waals surface area contributed by atoms with E-state index in [-0.39, 0.29) is 0 Å². The van der Waals surface area contributed by atoms with Crippen LogP contribution in [0.4, 0.5) is 0 Å². The Morgan fingerprint density at radius 3 is 3.00 bits per heavy atom. The second-order valence-electron chi connectivity index (χ2n) is 3.65. The van der Waals surface area contributed by atoms with Crippen LogP contribution in [0.5, 0.6) is 0 Å². The van der Waals surface area contributed by atoms with Crippen LogP contribution in [0.1, 0.15) is 5.56 Å². The van der Waals surface area contributed by atoms with E-state index in [0.717, 1.165) is 32.8 Å². The zero-order valence-corrected chi connectivity index (χ0v) is 8.86. The first-order valence-electron chi connectivity index (χ1n) is 5.38. The minimum absolute atomic E-state index is 0.868. The van der Waals surface area contributed by atoms with Gasteiger partial charge in [-0.3, -0.25) is 4.90 Å². The molecule has 0 spiro atoms. The maximum Gasteiger partial charge on any atom is 0.0594 e. The van der Waals surface area contributed by atoms with Gasteiger partial charge in [0.05, 0.1) is 13.2 Å². The summed E-state index contributed by atoms with van der Waals surface area (Å²) in [6.07, 6.45) is 4.35. The van der Waals surface area contributed by atoms with Crippen LogP contribution in [0.3, 0.4) is 0 Å². The lowest BCUT2D eigenvalue weighted by Gasteiger charge is -2.25. The van der Waals surface area contributed by atoms with Crippen molar-refractivity contribution in [1.29, 1.82) is 0 Å². The molecule has 0 saturated carbocycles. The van der Waals surface area contributed by atoms with E-state index in [1.54, 1.807) is 0 Å². The quantitative estimate of drug-likeness (QED) is 0.741. The Hall–Kier alpha value is -1.12. The molecule has 0 unspecified atom stereocenters. The van der Waals surface area contributed by atoms with Gasteiger partial charge in [0.1, 0.15) is 0 Å². The van der Waals surface area contributed by atoms with Crippen LogP contribution in [0.25, 0.3) is 6.08 Å². The number of rotatable bonds is 3. The Morgan fingerprint density at radius 2 is 2.27 bits per heavy atom. The highest BCUT2D eigenvalue weighted by atomic mass is 16.5. The molecule has 0 amide bonds. The van der Waals surface area contributed by atoms with E-state index in [9.17, 15) is 0 Å². The maximum atomic E-state index is 5.29. The molecule has 0 aliphatic carbocycles. The van der Waals surface area contributed by atoms with Crippen molar-refractivity contribution in [3.05, 3.63) is 42.0 Å². The standard InChI is InChI=1S/C13H16NO/c1-2-5-13(6-3-1)7-4-8-14-9-11-15-12-10-14/h1-2,4-7H,8-12H2. The van der Waals surface area contributed by atoms with Gasteiger partial charge in [-0.15, -0.1) is 0 Å². The normalized spacial score (nSPS) is 18.4. The number of hydrogen-bond acceptors (Lipinski definition) is 2. The lowest BCUT2D eigenvalue weighted by molar-refractivity contribution is 0.0435. The van der Waals surface area contributed by atoms with Crippen molar-refractivity contribution >= 4 is 6.08 Å². The average Bonchev–Trinajstić information content (AvgIpc) is 2.32. The Labute approximate surface area is 91.2 Å². The fourth-order valence-corrected chi connectivity index (χ4v) is 1.63. The van der Waals surface area contributed by atoms with Crippen LogP contribution in [0.15, 0.2) is 30.3 Å². The largest absolute Gasteiger partial charge is 0.379 e. The molecule has 0 aromatic heterocycles. The molecule has 1 aliphatic heterocycles. The first kappa shape index (κ1) is 10.4. The van der Waals surface area contributed by atoms with Crippen LogP contribution < -0.4 is 0 Å². The highest BCUT2D eigenvalue weighted by molar-refractivity contribution is 5.48. The van der Waals surface area contributed by atoms with Gasteiger partial charge in [-0.1, -0.05) is 30.4 Å². The van der Waals surface area contributed by atoms with Crippen molar-refractivity contribution in [1.82, 2.24) is 4.90 Å². The third kappa shape index (κ3) is 3.50. The Kier molecular flexibility index (Phi) is 3.94. The predicted octanol–water partition coefficient (Wildman–Crippen LogP) is 1.83. The molecule has 0 bridgehead atoms. The smallest absolute Gasteiger partial charge is 0.0594 e. The third-order valence-electron chi connectivity index (χ3n) is 2.51. The summed E-state index contributed by atoms with van der Waals surface area (Å²) in [6.45, 7) is 4.84. The molecule has 1 aromatic carbocycles. The fourth-order valence-electron chi connectivity index (χ4n) is 1.63. The average molecular weight is 202 g/mol. The van der Waals surface area contributed by atoms with E-state index in [4.69, 9.17) is 4.74 Å². The first-order valence-corrected chi connectivity index (χ1v) is 5.38. The molecule has 15 heavy (non-hydrogen) atoms. The van der Waals surface area contributed by atoms with Crippen LogP contribution in [0.2, 0.25) is 0 Å². The van der Waals surface area contributed by atoms with Gasteiger partial charge in [0.15, 0.2) is 0 Å². The number of hydrogen-bond donors (Lipinski definition) is 0. The fraction of sp³-hybridized carbons (Fsp3) is 0.385. The van der Waals surface area contributed by atoms with Crippen molar-refractivity contribution < 1.29 is 4.74 Å². The van der Waals surface area contributed by atoms with E-state index < -0.39 is 0 Å². The van der Waals surface area contributed by atoms with Crippen LogP contribution >= 0.6 is 0 Å². The van der Waals surface area contributed by atoms with Crippen LogP contribution in [-0.4, -0.2) is 37.7 Å². The van der Waals surface area contributed by atoms with Crippen molar-refractivity contribution in [2.24, 2.45) is 0 Å². The molecule has 2 nitrogen and oxygen atoms in total. The van der Waals surface area contributed by atoms with Crippen molar-refractivity contribution in [3.8, 4) is 0 Å². The summed E-state index contributed by atoms with van der Waals surface area (Å²) in [5, 5.41) is 0. The summed E-state index contributed by atoms with van der Waals surface area (Å²) in [5.41, 5.74) is 1.21. The summed E-state index contributed by atoms with van der Waals surface area (Å²) in [6, 6.07) is 11.1. The van der Waals surface area contributed by atoms with Crippen molar-refractivity contribution in [2.75, 3.05) is 32.8 Å². The van der Waals surface area contributed by atoms with Gasteiger partial charge in [0.2, 0.25) is 0 Å². The summed E-state index contributed by atoms with van der Waals surface area (Å²) in [7, 11) is 0. The van der Waals surface area contributed by atoms with Gasteiger partial charge in [-0.2, -0.15) is 0 Å². The molecule has 1 aliphatic rings. The number of morpholine rings is 1. The maximum absolute atomic E-state index is 5.29. The Balaban J connectivity index is 1.79. The molecule has 1 saturated heterocycles. The topological polar surface area (TPSA) is 12.5 Å². The SMILES string of the molecule is [c]1cccc(C=CCN2CCOCC2)c1. The number of ether oxygens (including phenoxy) is 1. The minimum Gasteiger partial charge on any atom is -0.379 e. The molecule has 79 valence electrons. The second-order valence-corrected chi connectivity index (χ2v) is 3.65. The van der Waals surface area contributed by atoms with Crippen LogP contribution in [-0.2, 0) is 4.74 Å². The van der Waals surface area contributed by atoms with Gasteiger partial charge in [-0.05, 0) is 17.7 Å². The molecule has 0 N–H and O–H groups in total. The Bertz CT molecular complexity index is 302. The summed E-state index contributed by atoms with van der Waals surface area (Å²) >= 11 is 0. The van der Waals surface area contributed by atoms with E-state index in [0.29, 0.717) is 0 Å². The highest BCUT2D eigenvalue weighted by Gasteiger charge is 2.07. The first-order chi connectivity index (χ1) is 7.45. The summed E-state index contributed by atoms with van der Waals surface area (Å²) in [4.78, 5) is 2.40. The molecule has 1 aromatic rings. The summed E-state index contributed by atoms with van der Waals surface area (Å²) in [5.74, 6) is 0. The Morgan fingerprint density at radius 1 is 1.40 bits per heavy atom. The number of nitrogens with zero attached hydrogens (tertiary/aromatic N) is 1. The van der Waals surface area contributed by atoms with Crippen LogP contribution in [0, 0.1) is 6.07 Å². The van der Waals surface area contributed by atoms with Crippen molar-refractivity contribution in [2.45, 2.75) is 0 Å². The van der Waals surface area contributed by atoms with E-state index in [1.165, 1.54) is 5.56 Å². The van der Waals surface area contributed by atoms with E-state index in [1.807, 2.05) is 18.2 Å². The van der Waals surface area contributed by atoms with Crippen molar-refractivity contribution in [3.63, 3.8) is 0 Å². The number of benzene rings is 1. The predicted molar refractivity (Wildman–Crippen MR) is 61.6 cm³/mol. The molecule has 1 fully saturated rings. The molecular weight excluding hydrogens is 186 g/mol. The van der Waals surface area contributed by atoms with Gasteiger partial charge < -0.3 is 4.74 Å². The third-order valence-corrected chi connectivity index (χ3v) is 2.51. The van der Waals surface area contributed by atoms with Gasteiger partial charge in [0.25, 0.3) is 0 Å². The zero-order valence-electron chi connectivity index (χ0n) is 8.86. The molecule has 0 atom stereocenters. The second kappa shape index (κ2) is 5.69. The van der Waals surface area contributed by atoms with Gasteiger partial charge in [0, 0.05) is 19.6 Å². The molecule has 2 rings (SSSR count). The van der Waals surface area contributed by atoms with E-state index in [2.05, 4.69) is 29.2 Å². The lowest BCUT2D eigenvalue weighted by atomic mass is 10.2. The van der Waals surface area contributed by atoms with Gasteiger partial charge >= 0.3 is 0 Å². The lowest BCUT2D eigenvalue weighted by Crippen LogP contribution is -2.36. The molecule has 2 heteroatoms. The minimum atomic E-state index is 0.868. The molecule has 1 heterocycles. The molecule has 1 radical (unpaired) electrons. The highest BCUT2D eigenvalue weighted by Crippen LogP contribution is 2.02. The summed E-state index contributed by atoms with van der Waals surface area (Å²) < 4.78 is 5.29. The monoisotopic (exact) mass is 202 g/mol. The molecular formula is C13H16NO. The zero-order chi connectivity index (χ0) is 10.3. The van der Waals surface area contributed by atoms with E-state index >= 15 is 0 Å².